The molecule has 7 heteroatoms. The molecule has 0 radical (unpaired) electrons. The van der Waals surface area contributed by atoms with E-state index in [1.807, 2.05) is 12.3 Å². The molecular formula is C12H17ClN2O2S2. The summed E-state index contributed by atoms with van der Waals surface area (Å²) in [7, 11) is 1.60. The Hall–Kier alpha value is -0.690. The fraction of sp³-hybridized carbons (Fsp3) is 0.500. The maximum Gasteiger partial charge on any atom is 0.265 e. The van der Waals surface area contributed by atoms with E-state index >= 15 is 0 Å². The van der Waals surface area contributed by atoms with Gasteiger partial charge in [0.25, 0.3) is 5.91 Å². The fourth-order valence-corrected chi connectivity index (χ4v) is 2.81. The van der Waals surface area contributed by atoms with Crippen LogP contribution in [0.5, 0.6) is 0 Å². The van der Waals surface area contributed by atoms with Crippen molar-refractivity contribution in [3.05, 3.63) is 20.8 Å². The van der Waals surface area contributed by atoms with Gasteiger partial charge in [-0.05, 0) is 17.9 Å². The van der Waals surface area contributed by atoms with Crippen molar-refractivity contribution in [1.29, 1.82) is 0 Å². The zero-order valence-corrected chi connectivity index (χ0v) is 13.3. The Labute approximate surface area is 127 Å². The molecule has 0 fully saturated rings. The van der Waals surface area contributed by atoms with Crippen molar-refractivity contribution in [3.8, 4) is 0 Å². The molecule has 1 aromatic rings. The lowest BCUT2D eigenvalue weighted by molar-refractivity contribution is 0.0706. The first-order chi connectivity index (χ1) is 8.97. The van der Waals surface area contributed by atoms with Crippen LogP contribution in [-0.4, -0.2) is 42.6 Å². The highest BCUT2D eigenvalue weighted by Gasteiger charge is 2.21. The smallest absolute Gasteiger partial charge is 0.265 e. The van der Waals surface area contributed by atoms with E-state index in [0.717, 1.165) is 5.56 Å². The zero-order valence-electron chi connectivity index (χ0n) is 10.9. The van der Waals surface area contributed by atoms with Crippen LogP contribution in [0.3, 0.4) is 0 Å². The van der Waals surface area contributed by atoms with Crippen molar-refractivity contribution in [2.24, 2.45) is 5.73 Å². The molecule has 0 bridgehead atoms. The molecule has 0 aliphatic carbocycles. The standard InChI is InChI=1S/C12H17ClN2O2S2/c1-8-7-19-11(10(8)13)12(16)15(5-6-17-2)4-3-9(14)18/h7H,3-6H2,1-2H3,(H2,14,18). The topological polar surface area (TPSA) is 55.6 Å². The summed E-state index contributed by atoms with van der Waals surface area (Å²) in [6.45, 7) is 3.31. The minimum Gasteiger partial charge on any atom is -0.393 e. The number of rotatable bonds is 7. The maximum atomic E-state index is 12.4. The molecule has 0 atom stereocenters. The average Bonchev–Trinajstić information content (AvgIpc) is 2.69. The highest BCUT2D eigenvalue weighted by molar-refractivity contribution is 7.80. The summed E-state index contributed by atoms with van der Waals surface area (Å²) < 4.78 is 5.01. The monoisotopic (exact) mass is 320 g/mol. The van der Waals surface area contributed by atoms with Gasteiger partial charge in [-0.2, -0.15) is 0 Å². The third-order valence-electron chi connectivity index (χ3n) is 2.57. The number of hydrogen-bond acceptors (Lipinski definition) is 4. The first kappa shape index (κ1) is 16.4. The third-order valence-corrected chi connectivity index (χ3v) is 4.46. The van der Waals surface area contributed by atoms with Gasteiger partial charge in [-0.25, -0.2) is 0 Å². The molecule has 4 nitrogen and oxygen atoms in total. The average molecular weight is 321 g/mol. The Bertz CT molecular complexity index is 463. The number of carbonyl (C=O) groups excluding carboxylic acids is 1. The molecule has 2 N–H and O–H groups in total. The normalized spacial score (nSPS) is 10.5. The number of nitrogens with two attached hydrogens (primary N) is 1. The van der Waals surface area contributed by atoms with E-state index in [4.69, 9.17) is 34.3 Å². The number of halogens is 1. The molecule has 1 aromatic heterocycles. The SMILES string of the molecule is COCCN(CCC(N)=S)C(=O)c1scc(C)c1Cl. The molecule has 0 unspecified atom stereocenters. The summed E-state index contributed by atoms with van der Waals surface area (Å²) in [6, 6.07) is 0. The molecule has 19 heavy (non-hydrogen) atoms. The second-order valence-electron chi connectivity index (χ2n) is 4.06. The summed E-state index contributed by atoms with van der Waals surface area (Å²) in [5.74, 6) is -0.101. The van der Waals surface area contributed by atoms with Crippen molar-refractivity contribution in [2.75, 3.05) is 26.8 Å². The van der Waals surface area contributed by atoms with Crippen molar-refractivity contribution >= 4 is 46.1 Å². The predicted octanol–water partition coefficient (Wildman–Crippen LogP) is 2.47. The second kappa shape index (κ2) is 7.79. The van der Waals surface area contributed by atoms with E-state index in [1.54, 1.807) is 12.0 Å². The molecule has 1 heterocycles. The number of amides is 1. The first-order valence-corrected chi connectivity index (χ1v) is 7.44. The van der Waals surface area contributed by atoms with Gasteiger partial charge in [-0.3, -0.25) is 4.79 Å². The van der Waals surface area contributed by atoms with Crippen LogP contribution in [0.2, 0.25) is 5.02 Å². The van der Waals surface area contributed by atoms with E-state index in [0.29, 0.717) is 41.0 Å². The number of ether oxygens (including phenoxy) is 1. The van der Waals surface area contributed by atoms with Crippen LogP contribution in [0.25, 0.3) is 0 Å². The Balaban J connectivity index is 2.80. The van der Waals surface area contributed by atoms with Crippen molar-refractivity contribution in [1.82, 2.24) is 4.90 Å². The number of aryl methyl sites for hydroxylation is 1. The summed E-state index contributed by atoms with van der Waals surface area (Å²) in [5.41, 5.74) is 6.39. The Morgan fingerprint density at radius 1 is 1.58 bits per heavy atom. The summed E-state index contributed by atoms with van der Waals surface area (Å²) >= 11 is 12.3. The number of thiocarbonyl (C=S) groups is 1. The van der Waals surface area contributed by atoms with Crippen LogP contribution < -0.4 is 5.73 Å². The summed E-state index contributed by atoms with van der Waals surface area (Å²) in [5, 5.41) is 2.39. The van der Waals surface area contributed by atoms with E-state index < -0.39 is 0 Å². The molecule has 0 aliphatic heterocycles. The van der Waals surface area contributed by atoms with Gasteiger partial charge in [0.05, 0.1) is 16.6 Å². The zero-order chi connectivity index (χ0) is 14.4. The van der Waals surface area contributed by atoms with Crippen LogP contribution in [0.1, 0.15) is 21.7 Å². The molecule has 0 saturated carbocycles. The van der Waals surface area contributed by atoms with Crippen LogP contribution in [0, 0.1) is 6.92 Å². The van der Waals surface area contributed by atoms with Gasteiger partial charge < -0.3 is 15.4 Å². The molecule has 1 rings (SSSR count). The lowest BCUT2D eigenvalue weighted by atomic mass is 10.3. The van der Waals surface area contributed by atoms with Gasteiger partial charge in [-0.15, -0.1) is 11.3 Å². The summed E-state index contributed by atoms with van der Waals surface area (Å²) in [4.78, 5) is 15.0. The molecular weight excluding hydrogens is 304 g/mol. The molecule has 106 valence electrons. The molecule has 0 saturated heterocycles. The van der Waals surface area contributed by atoms with Gasteiger partial charge in [-0.1, -0.05) is 23.8 Å². The Morgan fingerprint density at radius 2 is 2.26 bits per heavy atom. The molecule has 1 amide bonds. The van der Waals surface area contributed by atoms with Gasteiger partial charge in [0.1, 0.15) is 4.88 Å². The maximum absolute atomic E-state index is 12.4. The van der Waals surface area contributed by atoms with Gasteiger partial charge in [0, 0.05) is 26.6 Å². The quantitative estimate of drug-likeness (QED) is 0.784. The number of nitrogens with zero attached hydrogens (tertiary/aromatic N) is 1. The van der Waals surface area contributed by atoms with E-state index in [-0.39, 0.29) is 5.91 Å². The van der Waals surface area contributed by atoms with Crippen molar-refractivity contribution in [3.63, 3.8) is 0 Å². The number of hydrogen-bond donors (Lipinski definition) is 1. The highest BCUT2D eigenvalue weighted by Crippen LogP contribution is 2.28. The minimum absolute atomic E-state index is 0.101. The number of thiophene rings is 1. The fourth-order valence-electron chi connectivity index (χ4n) is 1.48. The van der Waals surface area contributed by atoms with Crippen LogP contribution in [0.4, 0.5) is 0 Å². The number of carbonyl (C=O) groups is 1. The van der Waals surface area contributed by atoms with Gasteiger partial charge in [0.15, 0.2) is 0 Å². The minimum atomic E-state index is -0.101. The lowest BCUT2D eigenvalue weighted by Gasteiger charge is -2.21. The van der Waals surface area contributed by atoms with Crippen LogP contribution in [-0.2, 0) is 4.74 Å². The van der Waals surface area contributed by atoms with E-state index in [1.165, 1.54) is 11.3 Å². The predicted molar refractivity (Wildman–Crippen MR) is 83.2 cm³/mol. The third kappa shape index (κ3) is 4.72. The van der Waals surface area contributed by atoms with Crippen molar-refractivity contribution < 1.29 is 9.53 Å². The van der Waals surface area contributed by atoms with Crippen LogP contribution >= 0.6 is 35.2 Å². The Morgan fingerprint density at radius 3 is 2.74 bits per heavy atom. The molecule has 0 aromatic carbocycles. The lowest BCUT2D eigenvalue weighted by Crippen LogP contribution is -2.36. The molecule has 0 aliphatic rings. The van der Waals surface area contributed by atoms with Gasteiger partial charge in [0.2, 0.25) is 0 Å². The largest absolute Gasteiger partial charge is 0.393 e. The second-order valence-corrected chi connectivity index (χ2v) is 5.85. The highest BCUT2D eigenvalue weighted by atomic mass is 35.5. The Kier molecular flexibility index (Phi) is 6.71. The summed E-state index contributed by atoms with van der Waals surface area (Å²) in [6.07, 6.45) is 0.493. The van der Waals surface area contributed by atoms with Crippen LogP contribution in [0.15, 0.2) is 5.38 Å². The van der Waals surface area contributed by atoms with E-state index in [9.17, 15) is 4.79 Å². The first-order valence-electron chi connectivity index (χ1n) is 5.77. The van der Waals surface area contributed by atoms with Gasteiger partial charge >= 0.3 is 0 Å². The number of methoxy groups -OCH3 is 1. The van der Waals surface area contributed by atoms with E-state index in [2.05, 4.69) is 0 Å². The van der Waals surface area contributed by atoms with Crippen molar-refractivity contribution in [2.45, 2.75) is 13.3 Å². The molecule has 0 spiro atoms.